The van der Waals surface area contributed by atoms with E-state index in [9.17, 15) is 0 Å². The molecule has 0 unspecified atom stereocenters. The fourth-order valence-electron chi connectivity index (χ4n) is 9.05. The van der Waals surface area contributed by atoms with Gasteiger partial charge in [-0.2, -0.15) is 0 Å². The summed E-state index contributed by atoms with van der Waals surface area (Å²) in [4.78, 5) is 0. The van der Waals surface area contributed by atoms with Gasteiger partial charge in [0.2, 0.25) is 0 Å². The maximum atomic E-state index is 5.75. The van der Waals surface area contributed by atoms with E-state index in [4.69, 9.17) is 2.67 Å². The van der Waals surface area contributed by atoms with E-state index in [0.717, 1.165) is 0 Å². The van der Waals surface area contributed by atoms with Crippen molar-refractivity contribution >= 4 is 73.0 Å². The maximum absolute atomic E-state index is 5.75. The molecule has 48 heavy (non-hydrogen) atoms. The van der Waals surface area contributed by atoms with Crippen LogP contribution in [0.3, 0.4) is 0 Å². The molecule has 1 radical (unpaired) electrons. The van der Waals surface area contributed by atoms with Crippen LogP contribution >= 0.6 is 0 Å². The van der Waals surface area contributed by atoms with Gasteiger partial charge >= 0.3 is 0 Å². The SMILES string of the molecule is CC1(C)c2cc(-c3ccc4ccc5cccc6ccc3c4c56)ccc2-c2ccc(-c3ccc4ccc5cccc6ccc3c4c56)cc21.[2H][B][2H]. The Labute approximate surface area is 284 Å². The van der Waals surface area contributed by atoms with Crippen LogP contribution in [0.2, 0.25) is 0 Å². The van der Waals surface area contributed by atoms with Crippen molar-refractivity contribution in [2.45, 2.75) is 19.3 Å². The maximum Gasteiger partial charge on any atom is 0.0643 e. The minimum atomic E-state index is -0.121. The summed E-state index contributed by atoms with van der Waals surface area (Å²) in [5.74, 6) is 0. The summed E-state index contributed by atoms with van der Waals surface area (Å²) in [6, 6.07) is 55.2. The predicted octanol–water partition coefficient (Wildman–Crippen LogP) is 12.2. The van der Waals surface area contributed by atoms with Crippen molar-refractivity contribution in [3.63, 3.8) is 0 Å². The molecule has 0 aromatic heterocycles. The number of fused-ring (bicyclic) bond motifs is 3. The average Bonchev–Trinajstić information content (AvgIpc) is 3.38. The highest BCUT2D eigenvalue weighted by atomic mass is 14.4. The Kier molecular flexibility index (Phi) is 5.01. The third-order valence-corrected chi connectivity index (χ3v) is 11.4. The molecule has 0 fully saturated rings. The second kappa shape index (κ2) is 9.46. The van der Waals surface area contributed by atoms with Crippen molar-refractivity contribution < 1.29 is 0 Å². The molecule has 0 atom stereocenters. The lowest BCUT2D eigenvalue weighted by atomic mass is 9.80. The van der Waals surface area contributed by atoms with Crippen LogP contribution < -0.4 is 0 Å². The van der Waals surface area contributed by atoms with Crippen molar-refractivity contribution in [3.8, 4) is 33.4 Å². The summed E-state index contributed by atoms with van der Waals surface area (Å²) in [5.41, 5.74) is 10.6. The van der Waals surface area contributed by atoms with Crippen molar-refractivity contribution in [1.29, 1.82) is 2.67 Å². The molecule has 1 heteroatoms. The van der Waals surface area contributed by atoms with E-state index in [1.807, 2.05) is 0 Å². The van der Waals surface area contributed by atoms with Gasteiger partial charge in [-0.25, -0.2) is 0 Å². The molecule has 223 valence electrons. The smallest absolute Gasteiger partial charge is 0.0610 e. The molecular formula is C47H32B. The Bertz CT molecular complexity index is 2720. The first-order valence-corrected chi connectivity index (χ1v) is 16.7. The zero-order valence-electron chi connectivity index (χ0n) is 28.9. The molecule has 0 N–H and O–H groups in total. The molecule has 11 rings (SSSR count). The molecule has 10 aromatic carbocycles. The van der Waals surface area contributed by atoms with Crippen molar-refractivity contribution in [2.75, 3.05) is 0 Å². The first-order chi connectivity index (χ1) is 24.5. The van der Waals surface area contributed by atoms with Gasteiger partial charge in [-0.15, -0.1) is 0 Å². The van der Waals surface area contributed by atoms with Crippen LogP contribution in [0.5, 0.6) is 0 Å². The molecule has 1 aliphatic carbocycles. The Morgan fingerprint density at radius 1 is 0.396 bits per heavy atom. The van der Waals surface area contributed by atoms with Crippen LogP contribution in [-0.2, 0) is 5.41 Å². The van der Waals surface area contributed by atoms with Crippen LogP contribution in [0.4, 0.5) is 0 Å². The highest BCUT2D eigenvalue weighted by Gasteiger charge is 2.36. The topological polar surface area (TPSA) is 0 Å². The molecule has 0 bridgehead atoms. The van der Waals surface area contributed by atoms with Crippen molar-refractivity contribution in [2.24, 2.45) is 0 Å². The van der Waals surface area contributed by atoms with E-state index in [1.165, 1.54) is 109 Å². The molecule has 0 amide bonds. The van der Waals surface area contributed by atoms with Crippen LogP contribution in [0.1, 0.15) is 25.0 Å². The largest absolute Gasteiger partial charge is 0.0643 e. The Balaban J connectivity index is 0.00000102. The second-order valence-corrected chi connectivity index (χ2v) is 14.1. The summed E-state index contributed by atoms with van der Waals surface area (Å²) in [6.07, 6.45) is 0. The molecule has 0 spiro atoms. The summed E-state index contributed by atoms with van der Waals surface area (Å²) in [5, 5.41) is 16.0. The second-order valence-electron chi connectivity index (χ2n) is 14.1. The fourth-order valence-corrected chi connectivity index (χ4v) is 9.05. The van der Waals surface area contributed by atoms with E-state index in [-0.39, 0.29) is 5.41 Å². The molecular weight excluding hydrogens is 575 g/mol. The van der Waals surface area contributed by atoms with Gasteiger partial charge in [0.25, 0.3) is 0 Å². The molecule has 0 saturated carbocycles. The molecule has 0 heterocycles. The fraction of sp³-hybridized carbons (Fsp3) is 0.0638. The Morgan fingerprint density at radius 3 is 1.15 bits per heavy atom. The van der Waals surface area contributed by atoms with Gasteiger partial charge < -0.3 is 0 Å². The molecule has 0 nitrogen and oxygen atoms in total. The van der Waals surface area contributed by atoms with Gasteiger partial charge in [0.05, 0.1) is 8.34 Å². The van der Waals surface area contributed by atoms with Gasteiger partial charge in [-0.05, 0) is 124 Å². The van der Waals surface area contributed by atoms with E-state index >= 15 is 0 Å². The normalized spacial score (nSPS) is 14.0. The minimum absolute atomic E-state index is 0.121. The summed E-state index contributed by atoms with van der Waals surface area (Å²) in [7, 11) is 0.500. The lowest BCUT2D eigenvalue weighted by Gasteiger charge is -2.23. The third kappa shape index (κ3) is 3.46. The monoisotopic (exact) mass is 609 g/mol. The quantitative estimate of drug-likeness (QED) is 0.135. The van der Waals surface area contributed by atoms with Crippen molar-refractivity contribution in [3.05, 3.63) is 157 Å². The highest BCUT2D eigenvalue weighted by Crippen LogP contribution is 2.52. The summed E-state index contributed by atoms with van der Waals surface area (Å²) in [6.45, 7) is 4.80. The first-order valence-electron chi connectivity index (χ1n) is 17.8. The van der Waals surface area contributed by atoms with Crippen LogP contribution in [-0.4, -0.2) is 11.0 Å². The average molecular weight is 610 g/mol. The third-order valence-electron chi connectivity index (χ3n) is 11.4. The minimum Gasteiger partial charge on any atom is -0.0610 e. The predicted molar refractivity (Wildman–Crippen MR) is 211 cm³/mol. The van der Waals surface area contributed by atoms with E-state index in [2.05, 4.69) is 159 Å². The van der Waals surface area contributed by atoms with Crippen LogP contribution in [0.15, 0.2) is 146 Å². The van der Waals surface area contributed by atoms with Gasteiger partial charge in [-0.1, -0.05) is 147 Å². The number of benzene rings is 10. The molecule has 1 aliphatic rings. The zero-order chi connectivity index (χ0) is 33.7. The van der Waals surface area contributed by atoms with E-state index < -0.39 is 0 Å². The molecule has 10 aromatic rings. The first kappa shape index (κ1) is 25.4. The van der Waals surface area contributed by atoms with Crippen LogP contribution in [0, 0.1) is 0 Å². The van der Waals surface area contributed by atoms with Gasteiger partial charge in [0, 0.05) is 5.41 Å². The molecule has 0 saturated heterocycles. The lowest BCUT2D eigenvalue weighted by Crippen LogP contribution is -2.15. The number of hydrogen-bond acceptors (Lipinski definition) is 0. The number of rotatable bonds is 2. The summed E-state index contributed by atoms with van der Waals surface area (Å²) >= 11 is 0. The van der Waals surface area contributed by atoms with E-state index in [0.29, 0.717) is 8.34 Å². The van der Waals surface area contributed by atoms with Crippen LogP contribution in [0.25, 0.3) is 98.0 Å². The Morgan fingerprint density at radius 2 is 0.729 bits per heavy atom. The Hall–Kier alpha value is -5.66. The number of hydrogen-bond donors (Lipinski definition) is 0. The van der Waals surface area contributed by atoms with Gasteiger partial charge in [-0.3, -0.25) is 0 Å². The lowest BCUT2D eigenvalue weighted by molar-refractivity contribution is 0.661. The standard InChI is InChI=1S/C47H30.BH2/c1-47(2)41-25-33(35-19-13-31-11-9-27-5-3-7-29-15-23-39(35)45(31)43(27)29)17-21-37(41)38-22-18-34(26-42(38)47)36-20-14-32-12-10-28-6-4-8-30-16-24-40(36)46(32)44(28)30;/h3-26H,1-2H3;1H2/i;1D2. The van der Waals surface area contributed by atoms with E-state index in [1.54, 1.807) is 0 Å². The van der Waals surface area contributed by atoms with Gasteiger partial charge in [0.1, 0.15) is 0 Å². The van der Waals surface area contributed by atoms with Gasteiger partial charge in [0.15, 0.2) is 0 Å². The van der Waals surface area contributed by atoms with Crippen molar-refractivity contribution in [1.82, 2.24) is 0 Å². The molecule has 0 aliphatic heterocycles. The highest BCUT2D eigenvalue weighted by molar-refractivity contribution is 6.26. The summed E-state index contributed by atoms with van der Waals surface area (Å²) < 4.78 is 11.5. The zero-order valence-corrected chi connectivity index (χ0v) is 26.9.